The van der Waals surface area contributed by atoms with E-state index in [1.807, 2.05) is 31.2 Å². The predicted molar refractivity (Wildman–Crippen MR) is 105 cm³/mol. The number of hydrogen-bond donors (Lipinski definition) is 2. The Bertz CT molecular complexity index is 854. The molecule has 0 aliphatic heterocycles. The highest BCUT2D eigenvalue weighted by molar-refractivity contribution is 7.81. The SMILES string of the molecule is CCOC(=O)c1c(C(C)C(=O)OCC)[nH]c(C(=S)c2ccc(C)cc2)c1O. The molecule has 0 bridgehead atoms. The van der Waals surface area contributed by atoms with Gasteiger partial charge in [0.2, 0.25) is 0 Å². The van der Waals surface area contributed by atoms with Gasteiger partial charge in [-0.25, -0.2) is 4.79 Å². The van der Waals surface area contributed by atoms with Crippen LogP contribution in [0.4, 0.5) is 0 Å². The number of esters is 2. The number of hydrogen-bond acceptors (Lipinski definition) is 6. The summed E-state index contributed by atoms with van der Waals surface area (Å²) in [5.41, 5.74) is 2.10. The zero-order valence-corrected chi connectivity index (χ0v) is 16.6. The molecule has 0 aliphatic carbocycles. The number of benzene rings is 1. The molecule has 144 valence electrons. The smallest absolute Gasteiger partial charge is 0.343 e. The molecule has 0 radical (unpaired) electrons. The molecule has 1 heterocycles. The topological polar surface area (TPSA) is 88.6 Å². The second kappa shape index (κ2) is 8.81. The highest BCUT2D eigenvalue weighted by atomic mass is 32.1. The van der Waals surface area contributed by atoms with Gasteiger partial charge in [0.15, 0.2) is 5.75 Å². The van der Waals surface area contributed by atoms with Crippen LogP contribution in [0.15, 0.2) is 24.3 Å². The lowest BCUT2D eigenvalue weighted by molar-refractivity contribution is -0.144. The quantitative estimate of drug-likeness (QED) is 0.427. The first-order valence-electron chi connectivity index (χ1n) is 8.71. The van der Waals surface area contributed by atoms with E-state index in [0.29, 0.717) is 10.4 Å². The van der Waals surface area contributed by atoms with Crippen LogP contribution in [-0.4, -0.2) is 40.1 Å². The summed E-state index contributed by atoms with van der Waals surface area (Å²) < 4.78 is 10.1. The summed E-state index contributed by atoms with van der Waals surface area (Å²) in [6, 6.07) is 7.46. The summed E-state index contributed by atoms with van der Waals surface area (Å²) >= 11 is 5.49. The molecule has 1 aromatic carbocycles. The van der Waals surface area contributed by atoms with Crippen molar-refractivity contribution in [2.45, 2.75) is 33.6 Å². The predicted octanol–water partition coefficient (Wildman–Crippen LogP) is 3.64. The number of carbonyl (C=O) groups is 2. The van der Waals surface area contributed by atoms with E-state index in [2.05, 4.69) is 4.98 Å². The Morgan fingerprint density at radius 3 is 2.30 bits per heavy atom. The van der Waals surface area contributed by atoms with E-state index in [0.717, 1.165) is 5.56 Å². The number of carbonyl (C=O) groups excluding carboxylic acids is 2. The van der Waals surface area contributed by atoms with Crippen molar-refractivity contribution in [3.63, 3.8) is 0 Å². The maximum absolute atomic E-state index is 12.4. The third kappa shape index (κ3) is 4.36. The molecule has 1 unspecified atom stereocenters. The van der Waals surface area contributed by atoms with Crippen LogP contribution in [-0.2, 0) is 14.3 Å². The molecule has 0 amide bonds. The number of aromatic nitrogens is 1. The van der Waals surface area contributed by atoms with Gasteiger partial charge in [0.1, 0.15) is 11.3 Å². The average molecular weight is 389 g/mol. The van der Waals surface area contributed by atoms with Crippen LogP contribution < -0.4 is 0 Å². The number of aromatic amines is 1. The fourth-order valence-corrected chi connectivity index (χ4v) is 2.93. The normalized spacial score (nSPS) is 11.7. The Hall–Kier alpha value is -2.67. The van der Waals surface area contributed by atoms with Crippen molar-refractivity contribution in [2.75, 3.05) is 13.2 Å². The average Bonchev–Trinajstić information content (AvgIpc) is 2.98. The molecule has 0 saturated carbocycles. The van der Waals surface area contributed by atoms with Crippen LogP contribution in [0, 0.1) is 6.92 Å². The van der Waals surface area contributed by atoms with Gasteiger partial charge >= 0.3 is 11.9 Å². The van der Waals surface area contributed by atoms with Crippen LogP contribution >= 0.6 is 12.2 Å². The van der Waals surface area contributed by atoms with E-state index < -0.39 is 17.9 Å². The van der Waals surface area contributed by atoms with E-state index >= 15 is 0 Å². The highest BCUT2D eigenvalue weighted by Gasteiger charge is 2.32. The lowest BCUT2D eigenvalue weighted by atomic mass is 10.0. The second-order valence-electron chi connectivity index (χ2n) is 6.03. The molecule has 0 spiro atoms. The van der Waals surface area contributed by atoms with Crippen LogP contribution in [0.1, 0.15) is 59.6 Å². The van der Waals surface area contributed by atoms with Crippen molar-refractivity contribution in [3.05, 3.63) is 52.3 Å². The molecule has 2 aromatic rings. The van der Waals surface area contributed by atoms with Crippen LogP contribution in [0.3, 0.4) is 0 Å². The van der Waals surface area contributed by atoms with Gasteiger partial charge in [-0.3, -0.25) is 4.79 Å². The van der Waals surface area contributed by atoms with Crippen molar-refractivity contribution in [1.82, 2.24) is 4.98 Å². The molecule has 27 heavy (non-hydrogen) atoms. The largest absolute Gasteiger partial charge is 0.505 e. The van der Waals surface area contributed by atoms with Crippen LogP contribution in [0.2, 0.25) is 0 Å². The summed E-state index contributed by atoms with van der Waals surface area (Å²) in [6.07, 6.45) is 0. The minimum atomic E-state index is -0.801. The van der Waals surface area contributed by atoms with E-state index in [1.54, 1.807) is 20.8 Å². The van der Waals surface area contributed by atoms with Gasteiger partial charge in [0.05, 0.1) is 24.0 Å². The van der Waals surface area contributed by atoms with Gasteiger partial charge in [-0.1, -0.05) is 42.0 Å². The third-order valence-corrected chi connectivity index (χ3v) is 4.54. The summed E-state index contributed by atoms with van der Waals surface area (Å²) in [7, 11) is 0. The standard InChI is InChI=1S/C20H23NO5S/c1-5-25-19(23)12(4)15-14(20(24)26-6-2)17(22)16(21-15)18(27)13-9-7-11(3)8-10-13/h7-10,12,21-22H,5-6H2,1-4H3. The minimum Gasteiger partial charge on any atom is -0.505 e. The van der Waals surface area contributed by atoms with Gasteiger partial charge in [-0.2, -0.15) is 0 Å². The monoisotopic (exact) mass is 389 g/mol. The van der Waals surface area contributed by atoms with Crippen molar-refractivity contribution >= 4 is 29.0 Å². The van der Waals surface area contributed by atoms with Gasteiger partial charge in [0.25, 0.3) is 0 Å². The molecule has 6 nitrogen and oxygen atoms in total. The number of nitrogens with one attached hydrogen (secondary N) is 1. The lowest BCUT2D eigenvalue weighted by Gasteiger charge is -2.11. The maximum atomic E-state index is 12.4. The van der Waals surface area contributed by atoms with E-state index in [4.69, 9.17) is 21.7 Å². The number of thiocarbonyl (C=S) groups is 1. The zero-order chi connectivity index (χ0) is 20.1. The molecule has 2 N–H and O–H groups in total. The highest BCUT2D eigenvalue weighted by Crippen LogP contribution is 2.34. The number of ether oxygens (including phenoxy) is 2. The van der Waals surface area contributed by atoms with Crippen LogP contribution in [0.25, 0.3) is 0 Å². The van der Waals surface area contributed by atoms with Crippen molar-refractivity contribution in [3.8, 4) is 5.75 Å². The van der Waals surface area contributed by atoms with E-state index in [1.165, 1.54) is 0 Å². The Balaban J connectivity index is 2.54. The molecular weight excluding hydrogens is 366 g/mol. The lowest BCUT2D eigenvalue weighted by Crippen LogP contribution is -2.17. The van der Waals surface area contributed by atoms with Gasteiger partial charge in [-0.05, 0) is 33.3 Å². The van der Waals surface area contributed by atoms with Gasteiger partial charge in [-0.15, -0.1) is 0 Å². The Labute approximate surface area is 163 Å². The number of aryl methyl sites for hydroxylation is 1. The molecule has 0 saturated heterocycles. The Morgan fingerprint density at radius 2 is 1.74 bits per heavy atom. The zero-order valence-electron chi connectivity index (χ0n) is 15.8. The second-order valence-corrected chi connectivity index (χ2v) is 6.43. The van der Waals surface area contributed by atoms with Crippen molar-refractivity contribution in [2.24, 2.45) is 0 Å². The van der Waals surface area contributed by atoms with Crippen molar-refractivity contribution < 1.29 is 24.2 Å². The first-order chi connectivity index (χ1) is 12.8. The summed E-state index contributed by atoms with van der Waals surface area (Å²) in [4.78, 5) is 27.8. The number of rotatable bonds is 7. The molecule has 0 fully saturated rings. The molecule has 2 rings (SSSR count). The first-order valence-corrected chi connectivity index (χ1v) is 9.12. The summed E-state index contributed by atoms with van der Waals surface area (Å²) in [6.45, 7) is 7.24. The third-order valence-electron chi connectivity index (χ3n) is 4.10. The molecule has 1 atom stereocenters. The summed E-state index contributed by atoms with van der Waals surface area (Å²) in [5, 5.41) is 10.7. The molecule has 0 aliphatic rings. The Kier molecular flexibility index (Phi) is 6.74. The molecule has 7 heteroatoms. The molecule has 1 aromatic heterocycles. The van der Waals surface area contributed by atoms with E-state index in [-0.39, 0.29) is 35.9 Å². The number of H-pyrrole nitrogens is 1. The fourth-order valence-electron chi connectivity index (χ4n) is 2.64. The first kappa shape index (κ1) is 20.6. The molecular formula is C20H23NO5S. The van der Waals surface area contributed by atoms with Crippen LogP contribution in [0.5, 0.6) is 5.75 Å². The maximum Gasteiger partial charge on any atom is 0.343 e. The van der Waals surface area contributed by atoms with Gasteiger partial charge in [0, 0.05) is 5.69 Å². The fraction of sp³-hybridized carbons (Fsp3) is 0.350. The minimum absolute atomic E-state index is 0.0955. The van der Waals surface area contributed by atoms with E-state index in [9.17, 15) is 14.7 Å². The van der Waals surface area contributed by atoms with Gasteiger partial charge < -0.3 is 19.6 Å². The number of aromatic hydroxyl groups is 1. The van der Waals surface area contributed by atoms with Crippen molar-refractivity contribution in [1.29, 1.82) is 0 Å². The Morgan fingerprint density at radius 1 is 1.15 bits per heavy atom. The summed E-state index contributed by atoms with van der Waals surface area (Å²) in [5.74, 6) is -2.37.